The van der Waals surface area contributed by atoms with E-state index in [2.05, 4.69) is 91.2 Å². The van der Waals surface area contributed by atoms with E-state index < -0.39 is 72.6 Å². The molecule has 0 atom stereocenters. The minimum absolute atomic E-state index is 0.398. The molecule has 0 aliphatic carbocycles. The van der Waals surface area contributed by atoms with Crippen molar-refractivity contribution in [3.63, 3.8) is 0 Å². The van der Waals surface area contributed by atoms with Crippen molar-refractivity contribution in [2.75, 3.05) is 83.8 Å². The van der Waals surface area contributed by atoms with Crippen molar-refractivity contribution in [2.24, 2.45) is 0 Å². The van der Waals surface area contributed by atoms with E-state index in [4.69, 9.17) is 62.6 Å². The third kappa shape index (κ3) is 61.7. The number of rotatable bonds is 27. The van der Waals surface area contributed by atoms with E-state index in [1.54, 1.807) is 64.0 Å². The largest absolute Gasteiger partial charge is 0.481 e. The van der Waals surface area contributed by atoms with Crippen LogP contribution in [0, 0.1) is 0 Å². The Morgan fingerprint density at radius 3 is 0.758 bits per heavy atom. The summed E-state index contributed by atoms with van der Waals surface area (Å²) in [6.45, 7) is 33.0. The van der Waals surface area contributed by atoms with Crippen LogP contribution in [0.1, 0.15) is 19.3 Å². The second-order valence-electron chi connectivity index (χ2n) is 12.1. The lowest BCUT2D eigenvalue weighted by atomic mass is 10.5. The Morgan fingerprint density at radius 2 is 0.636 bits per heavy atom. The summed E-state index contributed by atoms with van der Waals surface area (Å²) < 4.78 is 63.2. The lowest BCUT2D eigenvalue weighted by molar-refractivity contribution is -0.147. The Morgan fingerprint density at radius 1 is 0.439 bits per heavy atom. The molecule has 66 heavy (non-hydrogen) atoms. The molecule has 0 aliphatic rings. The van der Waals surface area contributed by atoms with Crippen LogP contribution in [0.4, 0.5) is 0 Å². The normalized spacial score (nSPS) is 9.77. The van der Waals surface area contributed by atoms with Gasteiger partial charge < -0.3 is 69.9 Å². The summed E-state index contributed by atoms with van der Waals surface area (Å²) in [5, 5.41) is 15.8. The number of ether oxygens (including phenoxy) is 7. The Balaban J connectivity index is -0.000000125. The minimum Gasteiger partial charge on any atom is -0.481 e. The monoisotopic (exact) mass is 1020 g/mol. The lowest BCUT2D eigenvalue weighted by Gasteiger charge is -2.22. The number of carbonyl (C=O) groups is 5. The smallest absolute Gasteiger partial charge is 0.337 e. The van der Waals surface area contributed by atoms with Crippen LogP contribution in [0.5, 0.6) is 0 Å². The van der Waals surface area contributed by atoms with Gasteiger partial charge >= 0.3 is 49.6 Å². The molecule has 24 heteroatoms. The molecule has 0 amide bonds. The van der Waals surface area contributed by atoms with Gasteiger partial charge in [0, 0.05) is 108 Å². The molecule has 0 saturated heterocycles. The molecule has 0 spiro atoms. The molecule has 0 unspecified atom stereocenters. The first-order valence-corrected chi connectivity index (χ1v) is 27.1. The Labute approximate surface area is 400 Å². The fourth-order valence-corrected chi connectivity index (χ4v) is 7.20. The van der Waals surface area contributed by atoms with E-state index in [0.29, 0.717) is 0 Å². The zero-order chi connectivity index (χ0) is 53.2. The first-order valence-electron chi connectivity index (χ1n) is 19.2. The van der Waals surface area contributed by atoms with E-state index in [0.717, 1.165) is 87.6 Å². The van der Waals surface area contributed by atoms with Crippen molar-refractivity contribution in [3.8, 4) is 0 Å². The number of carbonyl (C=O) groups excluding carboxylic acids is 5. The highest BCUT2D eigenvalue weighted by molar-refractivity contribution is 6.67. The van der Waals surface area contributed by atoms with Gasteiger partial charge in [-0.25, -0.2) is 19.2 Å². The second kappa shape index (κ2) is 51.6. The van der Waals surface area contributed by atoms with Crippen molar-refractivity contribution in [1.29, 1.82) is 0 Å². The fourth-order valence-electron chi connectivity index (χ4n) is 3.12. The highest BCUT2D eigenvalue weighted by Crippen LogP contribution is 2.14. The molecule has 0 aromatic carbocycles. The molecule has 2 N–H and O–H groups in total. The number of methoxy groups -OCH3 is 3. The van der Waals surface area contributed by atoms with E-state index >= 15 is 0 Å². The van der Waals surface area contributed by atoms with Crippen LogP contribution in [-0.4, -0.2) is 149 Å². The van der Waals surface area contributed by atoms with Gasteiger partial charge in [-0.15, -0.1) is 0 Å². The third-order valence-electron chi connectivity index (χ3n) is 7.22. The molecule has 0 fully saturated rings. The van der Waals surface area contributed by atoms with E-state index in [9.17, 15) is 24.0 Å². The maximum Gasteiger partial charge on any atom is 0.337 e. The van der Waals surface area contributed by atoms with Gasteiger partial charge in [0.1, 0.15) is 0 Å². The summed E-state index contributed by atoms with van der Waals surface area (Å²) >= 11 is 4.71. The van der Waals surface area contributed by atoms with Crippen LogP contribution in [-0.2, 0) is 83.7 Å². The van der Waals surface area contributed by atoms with Crippen LogP contribution in [0.15, 0.2) is 101 Å². The fraction of sp³-hybridized carbons (Fsp3) is 0.500. The van der Waals surface area contributed by atoms with Crippen molar-refractivity contribution in [3.05, 3.63) is 101 Å². The number of hydrogen-bond donors (Lipinski definition) is 2. The predicted molar refractivity (Wildman–Crippen MR) is 260 cm³/mol. The summed E-state index contributed by atoms with van der Waals surface area (Å²) in [5.41, 5.74) is 0. The van der Waals surface area contributed by atoms with E-state index in [1.165, 1.54) is 0 Å². The van der Waals surface area contributed by atoms with Gasteiger partial charge in [0.05, 0.1) is 0 Å². The average molecular weight is 1020 g/mol. The number of halogens is 1. The van der Waals surface area contributed by atoms with Crippen LogP contribution < -0.4 is 0 Å². The zero-order valence-electron chi connectivity index (χ0n) is 41.0. The van der Waals surface area contributed by atoms with E-state index in [-0.39, 0.29) is 0 Å². The number of esters is 4. The van der Waals surface area contributed by atoms with Crippen molar-refractivity contribution >= 4 is 66.4 Å². The second-order valence-corrected chi connectivity index (χ2v) is 23.2. The first kappa shape index (κ1) is 75.9. The van der Waals surface area contributed by atoms with Crippen molar-refractivity contribution in [1.82, 2.24) is 0 Å². The van der Waals surface area contributed by atoms with E-state index in [1.807, 2.05) is 0 Å². The van der Waals surface area contributed by atoms with Crippen molar-refractivity contribution < 1.29 is 93.9 Å². The standard InChI is InChI=1S/C8H8O4.3C7H18O3Si.2C5H6O3.C3H3ClO/c1-4-7(9)11-6(3)12-8(10)5-2;3*1-8-6-5-7-11(4,9-2)10-3;2*1-3-5(7)8-4(2)6;1-2-3(4)5/h4-5H,1-3H2;3*5-7H2,1-4H3;2*3,6H,1-2H2;2H,1H2. The van der Waals surface area contributed by atoms with Crippen LogP contribution >= 0.6 is 11.6 Å². The molecule has 0 heterocycles. The number of aliphatic hydroxyl groups is 2. The number of aliphatic hydroxyl groups excluding tert-OH is 2. The lowest BCUT2D eigenvalue weighted by Crippen LogP contribution is -2.36. The molecule has 0 bridgehead atoms. The number of hydrogen-bond acceptors (Lipinski definition) is 20. The van der Waals surface area contributed by atoms with Crippen molar-refractivity contribution in [2.45, 2.75) is 57.0 Å². The highest BCUT2D eigenvalue weighted by atomic mass is 35.5. The molecule has 384 valence electrons. The molecule has 0 aromatic rings. The SMILES string of the molecule is C=CC(=O)Cl.C=CC(=O)OC(=C)O.C=CC(=O)OC(=C)O.C=CC(=O)OC(=C)OC(=O)C=C.COCCC[Si](C)(OC)OC.COCCC[Si](C)(OC)OC.COCCC[Si](C)(OC)OC. The molecular formula is C42H77ClO20Si3. The third-order valence-corrected chi connectivity index (χ3v) is 16.3. The van der Waals surface area contributed by atoms with Gasteiger partial charge in [0.2, 0.25) is 5.24 Å². The summed E-state index contributed by atoms with van der Waals surface area (Å²) in [6.07, 6.45) is 7.80. The Bertz CT molecular complexity index is 1290. The average Bonchev–Trinajstić information content (AvgIpc) is 3.29. The van der Waals surface area contributed by atoms with Gasteiger partial charge in [-0.1, -0.05) is 32.9 Å². The molecule has 20 nitrogen and oxygen atoms in total. The topological polar surface area (TPSA) is 246 Å². The molecule has 0 aliphatic heterocycles. The molecular weight excluding hydrogens is 944 g/mol. The highest BCUT2D eigenvalue weighted by Gasteiger charge is 2.29. The van der Waals surface area contributed by atoms with Gasteiger partial charge in [-0.2, -0.15) is 0 Å². The summed E-state index contributed by atoms with van der Waals surface area (Å²) in [4.78, 5) is 50.5. The van der Waals surface area contributed by atoms with Crippen LogP contribution in [0.3, 0.4) is 0 Å². The van der Waals surface area contributed by atoms with Gasteiger partial charge in [-0.3, -0.25) is 4.79 Å². The molecule has 0 rings (SSSR count). The summed E-state index contributed by atoms with van der Waals surface area (Å²) in [6, 6.07) is 2.98. The van der Waals surface area contributed by atoms with Gasteiger partial charge in [-0.05, 0) is 94.4 Å². The predicted octanol–water partition coefficient (Wildman–Crippen LogP) is 7.51. The quantitative estimate of drug-likeness (QED) is 0.0154. The maximum absolute atomic E-state index is 10.5. The maximum atomic E-state index is 10.5. The van der Waals surface area contributed by atoms with Gasteiger partial charge in [0.25, 0.3) is 17.8 Å². The molecule has 0 aromatic heterocycles. The molecule has 0 saturated carbocycles. The van der Waals surface area contributed by atoms with Crippen LogP contribution in [0.2, 0.25) is 37.8 Å². The Hall–Kier alpha value is -4.35. The van der Waals surface area contributed by atoms with Gasteiger partial charge in [0.15, 0.2) is 0 Å². The zero-order valence-corrected chi connectivity index (χ0v) is 44.8. The minimum atomic E-state index is -1.81. The Kier molecular flexibility index (Phi) is 59.4. The summed E-state index contributed by atoms with van der Waals surface area (Å²) in [7, 11) is 9.94. The number of allylic oxidation sites excluding steroid dienone is 1. The van der Waals surface area contributed by atoms with Crippen LogP contribution in [0.25, 0.3) is 0 Å². The first-order chi connectivity index (χ1) is 30.7. The summed E-state index contributed by atoms with van der Waals surface area (Å²) in [5.74, 6) is -4.53. The molecule has 0 radical (unpaired) electrons.